The Morgan fingerprint density at radius 1 is 0.971 bits per heavy atom. The van der Waals surface area contributed by atoms with Crippen LogP contribution in [0.3, 0.4) is 0 Å². The van der Waals surface area contributed by atoms with Gasteiger partial charge < -0.3 is 14.6 Å². The molecule has 2 unspecified atom stereocenters. The highest BCUT2D eigenvalue weighted by molar-refractivity contribution is 5.79. The van der Waals surface area contributed by atoms with E-state index in [9.17, 15) is 9.90 Å². The van der Waals surface area contributed by atoms with E-state index in [-0.39, 0.29) is 30.7 Å². The van der Waals surface area contributed by atoms with E-state index >= 15 is 0 Å². The van der Waals surface area contributed by atoms with E-state index in [0.29, 0.717) is 31.6 Å². The first-order chi connectivity index (χ1) is 17.1. The van der Waals surface area contributed by atoms with Crippen molar-refractivity contribution in [3.8, 4) is 17.2 Å². The molecule has 2 bridgehead atoms. The third-order valence-electron chi connectivity index (χ3n) is 7.65. The molecule has 1 aliphatic carbocycles. The standard InChI is InChI=1S/C29H26N2O4/c30-15-19-9-11-20(12-10-19)29(33)13-21-16-34-17-22(14-29)31(21)28(32)35-18-27-25-7-3-1-5-23(25)24-6-2-4-8-26(24)27/h1-12,21-22,27,33H,13-14,16-18H2. The predicted molar refractivity (Wildman–Crippen MR) is 130 cm³/mol. The second-order valence-corrected chi connectivity index (χ2v) is 9.69. The molecule has 0 spiro atoms. The monoisotopic (exact) mass is 466 g/mol. The minimum atomic E-state index is -1.08. The minimum Gasteiger partial charge on any atom is -0.448 e. The van der Waals surface area contributed by atoms with Crippen molar-refractivity contribution in [2.45, 2.75) is 36.4 Å². The number of fused-ring (bicyclic) bond motifs is 5. The number of carbonyl (C=O) groups is 1. The number of rotatable bonds is 3. The number of benzene rings is 3. The summed E-state index contributed by atoms with van der Waals surface area (Å²) in [6.45, 7) is 0.988. The Labute approximate surface area is 204 Å². The summed E-state index contributed by atoms with van der Waals surface area (Å²) in [7, 11) is 0. The Morgan fingerprint density at radius 2 is 1.54 bits per heavy atom. The Hall–Kier alpha value is -3.66. The summed E-state index contributed by atoms with van der Waals surface area (Å²) in [4.78, 5) is 15.1. The van der Waals surface area contributed by atoms with Crippen LogP contribution in [0.15, 0.2) is 72.8 Å². The number of nitrogens with zero attached hydrogens (tertiary/aromatic N) is 2. The number of hydrogen-bond donors (Lipinski definition) is 1. The predicted octanol–water partition coefficient (Wildman–Crippen LogP) is 4.56. The normalized spacial score (nSPS) is 24.9. The summed E-state index contributed by atoms with van der Waals surface area (Å²) in [6.07, 6.45) is 0.367. The van der Waals surface area contributed by atoms with Crippen molar-refractivity contribution in [2.24, 2.45) is 0 Å². The van der Waals surface area contributed by atoms with Crippen molar-refractivity contribution < 1.29 is 19.4 Å². The van der Waals surface area contributed by atoms with Crippen LogP contribution in [0.2, 0.25) is 0 Å². The van der Waals surface area contributed by atoms with Gasteiger partial charge in [-0.15, -0.1) is 0 Å². The molecule has 3 aliphatic rings. The molecule has 176 valence electrons. The molecule has 6 rings (SSSR count). The van der Waals surface area contributed by atoms with Crippen molar-refractivity contribution in [2.75, 3.05) is 19.8 Å². The van der Waals surface area contributed by atoms with E-state index in [4.69, 9.17) is 14.7 Å². The van der Waals surface area contributed by atoms with Gasteiger partial charge in [0.05, 0.1) is 42.5 Å². The quantitative estimate of drug-likeness (QED) is 0.612. The van der Waals surface area contributed by atoms with Crippen LogP contribution in [0.25, 0.3) is 11.1 Å². The lowest BCUT2D eigenvalue weighted by molar-refractivity contribution is -0.136. The van der Waals surface area contributed by atoms with Crippen LogP contribution in [-0.4, -0.2) is 48.0 Å². The van der Waals surface area contributed by atoms with Gasteiger partial charge in [-0.25, -0.2) is 4.79 Å². The molecular formula is C29H26N2O4. The highest BCUT2D eigenvalue weighted by atomic mass is 16.6. The molecule has 0 saturated carbocycles. The van der Waals surface area contributed by atoms with Crippen LogP contribution in [0.1, 0.15) is 41.0 Å². The number of carbonyl (C=O) groups excluding carboxylic acids is 1. The fourth-order valence-electron chi connectivity index (χ4n) is 6.03. The molecule has 1 amide bonds. The molecule has 0 aromatic heterocycles. The first-order valence-electron chi connectivity index (χ1n) is 12.0. The fraction of sp³-hybridized carbons (Fsp3) is 0.310. The number of piperidine rings is 1. The van der Waals surface area contributed by atoms with Gasteiger partial charge in [-0.05, 0) is 39.9 Å². The topological polar surface area (TPSA) is 82.8 Å². The molecular weight excluding hydrogens is 440 g/mol. The molecule has 2 fully saturated rings. The molecule has 6 heteroatoms. The Kier molecular flexibility index (Phi) is 5.32. The van der Waals surface area contributed by atoms with Gasteiger partial charge in [0, 0.05) is 18.8 Å². The number of nitriles is 1. The molecule has 35 heavy (non-hydrogen) atoms. The molecule has 0 radical (unpaired) electrons. The number of hydrogen-bond acceptors (Lipinski definition) is 5. The Balaban J connectivity index is 1.20. The lowest BCUT2D eigenvalue weighted by Gasteiger charge is -2.51. The van der Waals surface area contributed by atoms with Crippen LogP contribution in [0.4, 0.5) is 4.79 Å². The number of aliphatic hydroxyl groups is 1. The zero-order valence-electron chi connectivity index (χ0n) is 19.3. The highest BCUT2D eigenvalue weighted by Gasteiger charge is 2.49. The van der Waals surface area contributed by atoms with Crippen LogP contribution in [0, 0.1) is 11.3 Å². The molecule has 3 aromatic rings. The second kappa shape index (κ2) is 8.53. The summed E-state index contributed by atoms with van der Waals surface area (Å²) in [6, 6.07) is 25.2. The van der Waals surface area contributed by atoms with Crippen molar-refractivity contribution >= 4 is 6.09 Å². The highest BCUT2D eigenvalue weighted by Crippen LogP contribution is 2.45. The van der Waals surface area contributed by atoms with Crippen LogP contribution >= 0.6 is 0 Å². The molecule has 3 aromatic carbocycles. The van der Waals surface area contributed by atoms with E-state index in [0.717, 1.165) is 5.56 Å². The zero-order chi connectivity index (χ0) is 24.0. The summed E-state index contributed by atoms with van der Waals surface area (Å²) < 4.78 is 11.7. The lowest BCUT2D eigenvalue weighted by atomic mass is 9.77. The van der Waals surface area contributed by atoms with Gasteiger partial charge in [0.1, 0.15) is 6.61 Å². The molecule has 1 N–H and O–H groups in total. The average molecular weight is 467 g/mol. The SMILES string of the molecule is N#Cc1ccc(C2(O)CC3COCC(C2)N3C(=O)OCC2c3ccccc3-c3ccccc32)cc1. The second-order valence-electron chi connectivity index (χ2n) is 9.69. The van der Waals surface area contributed by atoms with Gasteiger partial charge in [0.25, 0.3) is 0 Å². The fourth-order valence-corrected chi connectivity index (χ4v) is 6.03. The van der Waals surface area contributed by atoms with E-state index in [2.05, 4.69) is 30.3 Å². The van der Waals surface area contributed by atoms with Crippen molar-refractivity contribution in [1.29, 1.82) is 5.26 Å². The summed E-state index contributed by atoms with van der Waals surface area (Å²) in [5.41, 5.74) is 4.99. The summed E-state index contributed by atoms with van der Waals surface area (Å²) >= 11 is 0. The zero-order valence-corrected chi connectivity index (χ0v) is 19.3. The molecule has 2 atom stereocenters. The molecule has 2 heterocycles. The third-order valence-corrected chi connectivity index (χ3v) is 7.65. The van der Waals surface area contributed by atoms with Gasteiger partial charge in [0.2, 0.25) is 0 Å². The Morgan fingerprint density at radius 3 is 2.11 bits per heavy atom. The first kappa shape index (κ1) is 21.8. The maximum atomic E-state index is 13.4. The van der Waals surface area contributed by atoms with E-state index < -0.39 is 5.60 Å². The van der Waals surface area contributed by atoms with Crippen molar-refractivity contribution in [3.05, 3.63) is 95.1 Å². The largest absolute Gasteiger partial charge is 0.448 e. The first-order valence-corrected chi connectivity index (χ1v) is 12.0. The van der Waals surface area contributed by atoms with E-state index in [1.807, 2.05) is 24.3 Å². The van der Waals surface area contributed by atoms with Gasteiger partial charge in [0.15, 0.2) is 0 Å². The minimum absolute atomic E-state index is 0.00260. The molecule has 2 aliphatic heterocycles. The van der Waals surface area contributed by atoms with E-state index in [1.165, 1.54) is 22.3 Å². The average Bonchev–Trinajstić information content (AvgIpc) is 3.20. The summed E-state index contributed by atoms with van der Waals surface area (Å²) in [5.74, 6) is 0.00260. The van der Waals surface area contributed by atoms with Gasteiger partial charge in [-0.3, -0.25) is 4.90 Å². The van der Waals surface area contributed by atoms with Gasteiger partial charge in [-0.2, -0.15) is 5.26 Å². The smallest absolute Gasteiger partial charge is 0.410 e. The van der Waals surface area contributed by atoms with Gasteiger partial charge in [-0.1, -0.05) is 60.7 Å². The Bertz CT molecular complexity index is 1250. The van der Waals surface area contributed by atoms with E-state index in [1.54, 1.807) is 29.2 Å². The number of amides is 1. The van der Waals surface area contributed by atoms with Gasteiger partial charge >= 0.3 is 6.09 Å². The van der Waals surface area contributed by atoms with Crippen LogP contribution in [-0.2, 0) is 15.1 Å². The lowest BCUT2D eigenvalue weighted by Crippen LogP contribution is -2.62. The van der Waals surface area contributed by atoms with Crippen LogP contribution < -0.4 is 0 Å². The summed E-state index contributed by atoms with van der Waals surface area (Å²) in [5, 5.41) is 20.6. The van der Waals surface area contributed by atoms with Crippen molar-refractivity contribution in [3.63, 3.8) is 0 Å². The van der Waals surface area contributed by atoms with Crippen molar-refractivity contribution in [1.82, 2.24) is 4.90 Å². The molecule has 6 nitrogen and oxygen atoms in total. The maximum Gasteiger partial charge on any atom is 0.410 e. The maximum absolute atomic E-state index is 13.4. The number of morpholine rings is 1. The number of ether oxygens (including phenoxy) is 2. The van der Waals surface area contributed by atoms with Crippen LogP contribution in [0.5, 0.6) is 0 Å². The molecule has 2 saturated heterocycles. The third kappa shape index (κ3) is 3.68.